The summed E-state index contributed by atoms with van der Waals surface area (Å²) in [5.41, 5.74) is 1.89. The van der Waals surface area contributed by atoms with Gasteiger partial charge in [-0.15, -0.1) is 11.3 Å². The van der Waals surface area contributed by atoms with Crippen LogP contribution in [0.5, 0.6) is 5.75 Å². The maximum absolute atomic E-state index is 5.12. The molecule has 0 atom stereocenters. The molecule has 0 N–H and O–H groups in total. The quantitative estimate of drug-likeness (QED) is 0.757. The van der Waals surface area contributed by atoms with Crippen LogP contribution in [-0.4, -0.2) is 17.1 Å². The van der Waals surface area contributed by atoms with Gasteiger partial charge in [0.1, 0.15) is 16.5 Å². The number of methoxy groups -OCH3 is 1. The molecule has 0 saturated carbocycles. The Balaban J connectivity index is 2.41. The first-order valence-corrected chi connectivity index (χ1v) is 5.10. The number of hydrogen-bond donors (Lipinski definition) is 0. The SMILES string of the molecule is COc1ccnc(-c2nc(C)cs2)c1. The molecular formula is C10H10N2OS. The number of pyridine rings is 1. The summed E-state index contributed by atoms with van der Waals surface area (Å²) in [7, 11) is 1.65. The minimum atomic E-state index is 0.808. The Bertz CT molecular complexity index is 439. The van der Waals surface area contributed by atoms with Crippen LogP contribution in [0.4, 0.5) is 0 Å². The van der Waals surface area contributed by atoms with Crippen LogP contribution >= 0.6 is 11.3 Å². The smallest absolute Gasteiger partial charge is 0.142 e. The average molecular weight is 206 g/mol. The van der Waals surface area contributed by atoms with Crippen molar-refractivity contribution >= 4 is 11.3 Å². The molecule has 2 aromatic heterocycles. The lowest BCUT2D eigenvalue weighted by Crippen LogP contribution is -1.86. The lowest BCUT2D eigenvalue weighted by atomic mass is 10.3. The molecule has 0 spiro atoms. The molecule has 2 aromatic rings. The van der Waals surface area contributed by atoms with Crippen LogP contribution in [0.1, 0.15) is 5.69 Å². The van der Waals surface area contributed by atoms with Crippen LogP contribution in [0.3, 0.4) is 0 Å². The summed E-state index contributed by atoms with van der Waals surface area (Å²) >= 11 is 1.59. The standard InChI is InChI=1S/C10H10N2OS/c1-7-6-14-10(12-7)9-5-8(13-2)3-4-11-9/h3-6H,1-2H3. The van der Waals surface area contributed by atoms with Gasteiger partial charge in [-0.2, -0.15) is 0 Å². The molecule has 0 aromatic carbocycles. The van der Waals surface area contributed by atoms with Crippen LogP contribution in [0.2, 0.25) is 0 Å². The van der Waals surface area contributed by atoms with Gasteiger partial charge in [0.2, 0.25) is 0 Å². The summed E-state index contributed by atoms with van der Waals surface area (Å²) in [5, 5.41) is 2.94. The normalized spacial score (nSPS) is 10.1. The van der Waals surface area contributed by atoms with Gasteiger partial charge in [0.25, 0.3) is 0 Å². The third kappa shape index (κ3) is 1.75. The molecule has 0 fully saturated rings. The molecule has 3 nitrogen and oxygen atoms in total. The fourth-order valence-corrected chi connectivity index (χ4v) is 1.89. The van der Waals surface area contributed by atoms with Crippen molar-refractivity contribution in [1.82, 2.24) is 9.97 Å². The van der Waals surface area contributed by atoms with Gasteiger partial charge < -0.3 is 4.74 Å². The van der Waals surface area contributed by atoms with Gasteiger partial charge in [-0.3, -0.25) is 4.98 Å². The number of ether oxygens (including phenoxy) is 1. The van der Waals surface area contributed by atoms with Crippen LogP contribution in [0, 0.1) is 6.92 Å². The molecule has 0 amide bonds. The maximum atomic E-state index is 5.12. The van der Waals surface area contributed by atoms with Gasteiger partial charge in [-0.25, -0.2) is 4.98 Å². The van der Waals surface area contributed by atoms with Crippen molar-refractivity contribution in [2.75, 3.05) is 7.11 Å². The minimum absolute atomic E-state index is 0.808. The molecule has 0 bridgehead atoms. The molecule has 0 aliphatic heterocycles. The lowest BCUT2D eigenvalue weighted by Gasteiger charge is -1.99. The van der Waals surface area contributed by atoms with Crippen molar-refractivity contribution in [1.29, 1.82) is 0 Å². The summed E-state index contributed by atoms with van der Waals surface area (Å²) in [4.78, 5) is 8.60. The number of hydrogen-bond acceptors (Lipinski definition) is 4. The third-order valence-electron chi connectivity index (χ3n) is 1.81. The van der Waals surface area contributed by atoms with Crippen LogP contribution in [0.25, 0.3) is 10.7 Å². The molecule has 2 heterocycles. The first kappa shape index (κ1) is 9.15. The zero-order valence-electron chi connectivity index (χ0n) is 8.02. The first-order chi connectivity index (χ1) is 6.79. The van der Waals surface area contributed by atoms with E-state index in [1.165, 1.54) is 0 Å². The Morgan fingerprint density at radius 3 is 2.93 bits per heavy atom. The fraction of sp³-hybridized carbons (Fsp3) is 0.200. The maximum Gasteiger partial charge on any atom is 0.142 e. The van der Waals surface area contributed by atoms with E-state index in [1.807, 2.05) is 24.4 Å². The van der Waals surface area contributed by atoms with E-state index in [4.69, 9.17) is 4.74 Å². The van der Waals surface area contributed by atoms with E-state index in [-0.39, 0.29) is 0 Å². The van der Waals surface area contributed by atoms with E-state index in [0.717, 1.165) is 22.1 Å². The third-order valence-corrected chi connectivity index (χ3v) is 2.79. The highest BCUT2D eigenvalue weighted by Gasteiger charge is 2.04. The molecule has 2 rings (SSSR count). The number of nitrogens with zero attached hydrogens (tertiary/aromatic N) is 2. The molecule has 0 aliphatic rings. The molecule has 0 unspecified atom stereocenters. The van der Waals surface area contributed by atoms with E-state index >= 15 is 0 Å². The molecule has 0 radical (unpaired) electrons. The van der Waals surface area contributed by atoms with E-state index < -0.39 is 0 Å². The molecule has 0 saturated heterocycles. The Kier molecular flexibility index (Phi) is 2.45. The van der Waals surface area contributed by atoms with Gasteiger partial charge in [-0.1, -0.05) is 0 Å². The highest BCUT2D eigenvalue weighted by Crippen LogP contribution is 2.24. The van der Waals surface area contributed by atoms with Gasteiger partial charge in [-0.05, 0) is 13.0 Å². The number of rotatable bonds is 2. The molecule has 4 heteroatoms. The van der Waals surface area contributed by atoms with E-state index in [0.29, 0.717) is 0 Å². The topological polar surface area (TPSA) is 35.0 Å². The van der Waals surface area contributed by atoms with Crippen LogP contribution in [-0.2, 0) is 0 Å². The van der Waals surface area contributed by atoms with E-state index in [2.05, 4.69) is 9.97 Å². The van der Waals surface area contributed by atoms with E-state index in [9.17, 15) is 0 Å². The lowest BCUT2D eigenvalue weighted by molar-refractivity contribution is 0.414. The predicted molar refractivity (Wildman–Crippen MR) is 56.6 cm³/mol. The second-order valence-electron chi connectivity index (χ2n) is 2.87. The highest BCUT2D eigenvalue weighted by molar-refractivity contribution is 7.13. The zero-order chi connectivity index (χ0) is 9.97. The largest absolute Gasteiger partial charge is 0.497 e. The zero-order valence-corrected chi connectivity index (χ0v) is 8.84. The Morgan fingerprint density at radius 2 is 2.29 bits per heavy atom. The highest BCUT2D eigenvalue weighted by atomic mass is 32.1. The van der Waals surface area contributed by atoms with Crippen molar-refractivity contribution in [2.24, 2.45) is 0 Å². The Hall–Kier alpha value is -1.42. The second kappa shape index (κ2) is 3.75. The summed E-state index contributed by atoms with van der Waals surface area (Å²) in [5.74, 6) is 0.808. The number of thiazole rings is 1. The average Bonchev–Trinajstić information content (AvgIpc) is 2.65. The van der Waals surface area contributed by atoms with Crippen molar-refractivity contribution < 1.29 is 4.74 Å². The first-order valence-electron chi connectivity index (χ1n) is 4.22. The summed E-state index contributed by atoms with van der Waals surface area (Å²) in [6.07, 6.45) is 1.73. The number of aryl methyl sites for hydroxylation is 1. The minimum Gasteiger partial charge on any atom is -0.497 e. The predicted octanol–water partition coefficient (Wildman–Crippen LogP) is 2.52. The number of aromatic nitrogens is 2. The molecular weight excluding hydrogens is 196 g/mol. The Morgan fingerprint density at radius 1 is 1.43 bits per heavy atom. The van der Waals surface area contributed by atoms with Crippen molar-refractivity contribution in [3.63, 3.8) is 0 Å². The van der Waals surface area contributed by atoms with Crippen LogP contribution in [0.15, 0.2) is 23.7 Å². The molecule has 72 valence electrons. The van der Waals surface area contributed by atoms with Gasteiger partial charge in [0.15, 0.2) is 0 Å². The Labute approximate surface area is 86.4 Å². The summed E-state index contributed by atoms with van der Waals surface area (Å²) in [6.45, 7) is 1.97. The van der Waals surface area contributed by atoms with Gasteiger partial charge in [0.05, 0.1) is 7.11 Å². The molecule has 14 heavy (non-hydrogen) atoms. The fourth-order valence-electron chi connectivity index (χ4n) is 1.13. The molecule has 0 aliphatic carbocycles. The summed E-state index contributed by atoms with van der Waals surface area (Å²) in [6, 6.07) is 3.71. The monoisotopic (exact) mass is 206 g/mol. The van der Waals surface area contributed by atoms with Crippen LogP contribution < -0.4 is 4.74 Å². The van der Waals surface area contributed by atoms with Crippen molar-refractivity contribution in [2.45, 2.75) is 6.92 Å². The van der Waals surface area contributed by atoms with Crippen molar-refractivity contribution in [3.05, 3.63) is 29.4 Å². The van der Waals surface area contributed by atoms with Gasteiger partial charge in [0, 0.05) is 23.3 Å². The second-order valence-corrected chi connectivity index (χ2v) is 3.73. The van der Waals surface area contributed by atoms with Crippen molar-refractivity contribution in [3.8, 4) is 16.5 Å². The van der Waals surface area contributed by atoms with E-state index in [1.54, 1.807) is 24.6 Å². The summed E-state index contributed by atoms with van der Waals surface area (Å²) < 4.78 is 5.12. The van der Waals surface area contributed by atoms with Gasteiger partial charge >= 0.3 is 0 Å².